The molecule has 0 aliphatic heterocycles. The van der Waals surface area contributed by atoms with Crippen molar-refractivity contribution >= 4 is 76.1 Å². The SMILES string of the molecule is CC12C=c3ccccc3=CC1C(c1nc(-c3ccc4sc5ccccc5c4c3)c3ccccc3n1)Cc1c2c2ccccc2c2ccccc12. The molecule has 0 radical (unpaired) electrons. The second-order valence-electron chi connectivity index (χ2n) is 14.3. The highest BCUT2D eigenvalue weighted by atomic mass is 32.1. The first-order valence-electron chi connectivity index (χ1n) is 17.5. The summed E-state index contributed by atoms with van der Waals surface area (Å²) in [5.74, 6) is 1.18. The maximum absolute atomic E-state index is 5.62. The largest absolute Gasteiger partial charge is 0.233 e. The normalized spacial score (nSPS) is 19.6. The lowest BCUT2D eigenvalue weighted by molar-refractivity contribution is 0.358. The molecule has 2 aliphatic rings. The Bertz CT molecular complexity index is 3010. The van der Waals surface area contributed by atoms with Crippen LogP contribution >= 0.6 is 11.3 Å². The lowest BCUT2D eigenvalue weighted by Gasteiger charge is -2.46. The average Bonchev–Trinajstić information content (AvgIpc) is 3.54. The molecular weight excluding hydrogens is 625 g/mol. The van der Waals surface area contributed by atoms with Crippen LogP contribution in [-0.4, -0.2) is 9.97 Å². The van der Waals surface area contributed by atoms with Crippen LogP contribution in [0.15, 0.2) is 140 Å². The van der Waals surface area contributed by atoms with Crippen molar-refractivity contribution in [2.45, 2.75) is 24.7 Å². The number of thiophene rings is 1. The molecule has 0 saturated carbocycles. The van der Waals surface area contributed by atoms with Gasteiger partial charge in [-0.1, -0.05) is 134 Å². The van der Waals surface area contributed by atoms with Gasteiger partial charge in [0.15, 0.2) is 0 Å². The molecule has 50 heavy (non-hydrogen) atoms. The van der Waals surface area contributed by atoms with Gasteiger partial charge < -0.3 is 0 Å². The van der Waals surface area contributed by atoms with E-state index in [2.05, 4.69) is 159 Å². The number of para-hydroxylation sites is 1. The number of hydrogen-bond acceptors (Lipinski definition) is 3. The second-order valence-corrected chi connectivity index (χ2v) is 15.3. The van der Waals surface area contributed by atoms with E-state index in [4.69, 9.17) is 9.97 Å². The molecular formula is C47H32N2S. The highest BCUT2D eigenvalue weighted by Crippen LogP contribution is 2.54. The third kappa shape index (κ3) is 3.95. The van der Waals surface area contributed by atoms with Gasteiger partial charge in [-0.05, 0) is 73.8 Å². The van der Waals surface area contributed by atoms with Gasteiger partial charge in [0.25, 0.3) is 0 Å². The van der Waals surface area contributed by atoms with E-state index >= 15 is 0 Å². The van der Waals surface area contributed by atoms with Gasteiger partial charge >= 0.3 is 0 Å². The Balaban J connectivity index is 1.20. The molecule has 2 aliphatic carbocycles. The molecule has 11 rings (SSSR count). The summed E-state index contributed by atoms with van der Waals surface area (Å²) < 4.78 is 2.62. The quantitative estimate of drug-likeness (QED) is 0.173. The number of benzene rings is 7. The molecule has 2 heterocycles. The first kappa shape index (κ1) is 28.2. The Morgan fingerprint density at radius 2 is 1.22 bits per heavy atom. The monoisotopic (exact) mass is 656 g/mol. The van der Waals surface area contributed by atoms with Gasteiger partial charge in [-0.2, -0.15) is 0 Å². The summed E-state index contributed by atoms with van der Waals surface area (Å²) in [7, 11) is 0. The van der Waals surface area contributed by atoms with Crippen LogP contribution in [-0.2, 0) is 11.8 Å². The Morgan fingerprint density at radius 3 is 2.06 bits per heavy atom. The summed E-state index contributed by atoms with van der Waals surface area (Å²) in [4.78, 5) is 11.1. The molecule has 9 aromatic rings. The van der Waals surface area contributed by atoms with Crippen molar-refractivity contribution in [3.8, 4) is 11.3 Å². The Labute approximate surface area is 293 Å². The van der Waals surface area contributed by atoms with E-state index in [1.807, 2.05) is 11.3 Å². The van der Waals surface area contributed by atoms with Crippen molar-refractivity contribution in [2.75, 3.05) is 0 Å². The molecule has 0 spiro atoms. The van der Waals surface area contributed by atoms with Crippen molar-refractivity contribution in [3.63, 3.8) is 0 Å². The molecule has 2 nitrogen and oxygen atoms in total. The molecule has 7 aromatic carbocycles. The van der Waals surface area contributed by atoms with Gasteiger partial charge in [0.1, 0.15) is 5.82 Å². The van der Waals surface area contributed by atoms with Crippen molar-refractivity contribution in [1.29, 1.82) is 0 Å². The van der Waals surface area contributed by atoms with Crippen LogP contribution in [0.4, 0.5) is 0 Å². The Morgan fingerprint density at radius 1 is 0.580 bits per heavy atom. The van der Waals surface area contributed by atoms with Crippen LogP contribution in [0.25, 0.3) is 76.0 Å². The summed E-state index contributed by atoms with van der Waals surface area (Å²) in [5.41, 5.74) is 5.77. The van der Waals surface area contributed by atoms with Crippen molar-refractivity contribution in [2.24, 2.45) is 5.92 Å². The highest BCUT2D eigenvalue weighted by Gasteiger charge is 2.47. The van der Waals surface area contributed by atoms with Crippen LogP contribution in [0.1, 0.15) is 29.8 Å². The van der Waals surface area contributed by atoms with E-state index in [0.29, 0.717) is 0 Å². The smallest absolute Gasteiger partial charge is 0.133 e. The molecule has 3 atom stereocenters. The van der Waals surface area contributed by atoms with Crippen molar-refractivity contribution < 1.29 is 0 Å². The lowest BCUT2D eigenvalue weighted by Crippen LogP contribution is -2.46. The predicted molar refractivity (Wildman–Crippen MR) is 211 cm³/mol. The first-order valence-corrected chi connectivity index (χ1v) is 18.4. The Hall–Kier alpha value is -5.64. The molecule has 3 heteroatoms. The minimum absolute atomic E-state index is 0.0794. The van der Waals surface area contributed by atoms with Gasteiger partial charge in [0.05, 0.1) is 11.2 Å². The zero-order chi connectivity index (χ0) is 33.0. The zero-order valence-corrected chi connectivity index (χ0v) is 28.4. The number of hydrogen-bond donors (Lipinski definition) is 0. The standard InChI is InChI=1S/C47H32N2S/c1-47-27-30-13-3-2-12-28(30)25-40(47)39(26-38-33-16-5-4-14-31(33)32-15-6-7-18-35(32)44(38)47)46-48-41-20-10-8-19-36(41)45(49-46)29-22-23-43-37(24-29)34-17-9-11-21-42(34)50-43/h2-25,27,39-40H,26H2,1H3. The fourth-order valence-electron chi connectivity index (χ4n) is 9.35. The van der Waals surface area contributed by atoms with E-state index in [1.165, 1.54) is 63.3 Å². The maximum atomic E-state index is 5.62. The molecule has 0 saturated heterocycles. The van der Waals surface area contributed by atoms with Crippen LogP contribution < -0.4 is 10.4 Å². The molecule has 0 bridgehead atoms. The topological polar surface area (TPSA) is 25.8 Å². The second kappa shape index (κ2) is 10.4. The Kier molecular flexibility index (Phi) is 5.89. The number of aromatic nitrogens is 2. The van der Waals surface area contributed by atoms with Crippen LogP contribution in [0.2, 0.25) is 0 Å². The van der Waals surface area contributed by atoms with Crippen molar-refractivity contribution in [1.82, 2.24) is 9.97 Å². The van der Waals surface area contributed by atoms with E-state index in [1.54, 1.807) is 0 Å². The molecule has 0 N–H and O–H groups in total. The molecule has 236 valence electrons. The summed E-state index contributed by atoms with van der Waals surface area (Å²) in [6, 6.07) is 51.1. The first-order chi connectivity index (χ1) is 24.6. The third-order valence-corrected chi connectivity index (χ3v) is 12.7. The fraction of sp³-hybridized carbons (Fsp3) is 0.106. The lowest BCUT2D eigenvalue weighted by atomic mass is 9.56. The minimum atomic E-state index is -0.264. The number of nitrogens with zero attached hydrogens (tertiary/aromatic N) is 2. The molecule has 0 fully saturated rings. The molecule has 3 unspecified atom stereocenters. The predicted octanol–water partition coefficient (Wildman–Crippen LogP) is 10.5. The van der Waals surface area contributed by atoms with Crippen LogP contribution in [0, 0.1) is 5.92 Å². The van der Waals surface area contributed by atoms with Crippen molar-refractivity contribution in [3.05, 3.63) is 167 Å². The van der Waals surface area contributed by atoms with Gasteiger partial charge in [0, 0.05) is 48.4 Å². The van der Waals surface area contributed by atoms with E-state index in [0.717, 1.165) is 34.4 Å². The zero-order valence-electron chi connectivity index (χ0n) is 27.6. The molecule has 2 aromatic heterocycles. The summed E-state index contributed by atoms with van der Waals surface area (Å²) in [6.45, 7) is 2.47. The molecule has 0 amide bonds. The summed E-state index contributed by atoms with van der Waals surface area (Å²) >= 11 is 1.86. The maximum Gasteiger partial charge on any atom is 0.133 e. The van der Waals surface area contributed by atoms with E-state index in [9.17, 15) is 0 Å². The highest BCUT2D eigenvalue weighted by molar-refractivity contribution is 7.25. The fourth-order valence-corrected chi connectivity index (χ4v) is 10.4. The van der Waals surface area contributed by atoms with E-state index < -0.39 is 0 Å². The number of fused-ring (bicyclic) bond motifs is 13. The summed E-state index contributed by atoms with van der Waals surface area (Å²) in [5, 5.41) is 11.6. The summed E-state index contributed by atoms with van der Waals surface area (Å²) in [6.07, 6.45) is 5.96. The average molecular weight is 657 g/mol. The third-order valence-electron chi connectivity index (χ3n) is 11.5. The van der Waals surface area contributed by atoms with Gasteiger partial charge in [0.2, 0.25) is 0 Å². The van der Waals surface area contributed by atoms with Gasteiger partial charge in [-0.3, -0.25) is 0 Å². The van der Waals surface area contributed by atoms with E-state index in [-0.39, 0.29) is 17.3 Å². The van der Waals surface area contributed by atoms with Gasteiger partial charge in [-0.25, -0.2) is 9.97 Å². The van der Waals surface area contributed by atoms with Crippen LogP contribution in [0.5, 0.6) is 0 Å². The number of rotatable bonds is 2. The minimum Gasteiger partial charge on any atom is -0.233 e. The van der Waals surface area contributed by atoms with Crippen LogP contribution in [0.3, 0.4) is 0 Å². The van der Waals surface area contributed by atoms with Gasteiger partial charge in [-0.15, -0.1) is 11.3 Å².